The first kappa shape index (κ1) is 14.4. The Morgan fingerprint density at radius 2 is 2.11 bits per heavy atom. The summed E-state index contributed by atoms with van der Waals surface area (Å²) in [5.74, 6) is 1.98. The Balaban J connectivity index is 2.08. The van der Waals surface area contributed by atoms with Crippen LogP contribution in [0.3, 0.4) is 0 Å². The second kappa shape index (κ2) is 7.58. The van der Waals surface area contributed by atoms with Crippen LogP contribution in [-0.4, -0.2) is 19.4 Å². The van der Waals surface area contributed by atoms with E-state index in [-0.39, 0.29) is 0 Å². The predicted octanol–water partition coefficient (Wildman–Crippen LogP) is 4.20. The predicted molar refractivity (Wildman–Crippen MR) is 84.5 cm³/mol. The Hall–Kier alpha value is -0.970. The summed E-state index contributed by atoms with van der Waals surface area (Å²) in [6.07, 6.45) is 0. The fourth-order valence-corrected chi connectivity index (χ4v) is 3.84. The minimum Gasteiger partial charge on any atom is -0.494 e. The van der Waals surface area contributed by atoms with Gasteiger partial charge in [0.2, 0.25) is 0 Å². The summed E-state index contributed by atoms with van der Waals surface area (Å²) in [5.41, 5.74) is 1.23. The molecule has 19 heavy (non-hydrogen) atoms. The Morgan fingerprint density at radius 1 is 1.26 bits per heavy atom. The molecule has 0 amide bonds. The highest BCUT2D eigenvalue weighted by molar-refractivity contribution is 8.01. The molecule has 102 valence electrons. The van der Waals surface area contributed by atoms with Gasteiger partial charge in [0.05, 0.1) is 10.8 Å². The molecule has 0 aliphatic carbocycles. The minimum absolute atomic E-state index is 0.301. The molecule has 0 saturated heterocycles. The highest BCUT2D eigenvalue weighted by atomic mass is 32.2. The second-order valence-electron chi connectivity index (χ2n) is 4.06. The summed E-state index contributed by atoms with van der Waals surface area (Å²) in [5, 5.41) is 5.50. The van der Waals surface area contributed by atoms with E-state index in [0.29, 0.717) is 12.6 Å². The number of ether oxygens (including phenoxy) is 1. The minimum atomic E-state index is 0.301. The smallest absolute Gasteiger partial charge is 0.124 e. The molecule has 1 aromatic heterocycles. The van der Waals surface area contributed by atoms with Crippen LogP contribution in [0.2, 0.25) is 0 Å². The first-order valence-corrected chi connectivity index (χ1v) is 8.27. The van der Waals surface area contributed by atoms with E-state index < -0.39 is 0 Å². The standard InChI is InChI=1S/C15H19NOS2/c1-3-17-14-8-5-4-7-12(14)13(16-2)11-19-15-9-6-10-18-15/h4-10,13,16H,3,11H2,1-2H3. The summed E-state index contributed by atoms with van der Waals surface area (Å²) in [6.45, 7) is 2.72. The summed E-state index contributed by atoms with van der Waals surface area (Å²) in [7, 11) is 2.00. The van der Waals surface area contributed by atoms with Gasteiger partial charge in [-0.15, -0.1) is 23.1 Å². The molecule has 0 aliphatic heterocycles. The molecule has 0 spiro atoms. The molecule has 2 rings (SSSR count). The Bertz CT molecular complexity index is 485. The van der Waals surface area contributed by atoms with Crippen molar-refractivity contribution < 1.29 is 4.74 Å². The van der Waals surface area contributed by atoms with Gasteiger partial charge in [-0.1, -0.05) is 24.3 Å². The molecule has 1 atom stereocenters. The highest BCUT2D eigenvalue weighted by Crippen LogP contribution is 2.31. The zero-order valence-electron chi connectivity index (χ0n) is 11.3. The van der Waals surface area contributed by atoms with Crippen LogP contribution in [0.25, 0.3) is 0 Å². The molecule has 4 heteroatoms. The molecule has 0 aliphatic rings. The molecule has 0 saturated carbocycles. The zero-order valence-corrected chi connectivity index (χ0v) is 12.9. The van der Waals surface area contributed by atoms with Crippen LogP contribution in [0, 0.1) is 0 Å². The van der Waals surface area contributed by atoms with Crippen molar-refractivity contribution in [3.05, 3.63) is 47.3 Å². The lowest BCUT2D eigenvalue weighted by atomic mass is 10.1. The first-order valence-electron chi connectivity index (χ1n) is 6.40. The molecule has 1 heterocycles. The quantitative estimate of drug-likeness (QED) is 0.773. The molecule has 0 fully saturated rings. The average Bonchev–Trinajstić information content (AvgIpc) is 2.95. The van der Waals surface area contributed by atoms with Crippen LogP contribution < -0.4 is 10.1 Å². The second-order valence-corrected chi connectivity index (χ2v) is 6.32. The molecular formula is C15H19NOS2. The summed E-state index contributed by atoms with van der Waals surface area (Å²) >= 11 is 3.67. The van der Waals surface area contributed by atoms with Crippen LogP contribution in [0.15, 0.2) is 46.0 Å². The third kappa shape index (κ3) is 4.00. The average molecular weight is 293 g/mol. The van der Waals surface area contributed by atoms with E-state index in [4.69, 9.17) is 4.74 Å². The lowest BCUT2D eigenvalue weighted by Gasteiger charge is -2.19. The largest absolute Gasteiger partial charge is 0.494 e. The number of rotatable bonds is 7. The summed E-state index contributed by atoms with van der Waals surface area (Å²) < 4.78 is 7.07. The molecule has 2 nitrogen and oxygen atoms in total. The first-order chi connectivity index (χ1) is 9.35. The van der Waals surface area contributed by atoms with Gasteiger partial charge in [0.1, 0.15) is 5.75 Å². The van der Waals surface area contributed by atoms with Crippen LogP contribution in [0.1, 0.15) is 18.5 Å². The SMILES string of the molecule is CCOc1ccccc1C(CSc1cccs1)NC. The third-order valence-electron chi connectivity index (χ3n) is 2.83. The number of hydrogen-bond acceptors (Lipinski definition) is 4. The maximum atomic E-state index is 5.71. The van der Waals surface area contributed by atoms with E-state index in [9.17, 15) is 0 Å². The van der Waals surface area contributed by atoms with Crippen molar-refractivity contribution in [1.82, 2.24) is 5.32 Å². The van der Waals surface area contributed by atoms with Gasteiger partial charge in [-0.3, -0.25) is 0 Å². The number of hydrogen-bond donors (Lipinski definition) is 1. The molecule has 0 radical (unpaired) electrons. The topological polar surface area (TPSA) is 21.3 Å². The monoisotopic (exact) mass is 293 g/mol. The lowest BCUT2D eigenvalue weighted by molar-refractivity contribution is 0.333. The van der Waals surface area contributed by atoms with Crippen molar-refractivity contribution in [3.8, 4) is 5.75 Å². The zero-order chi connectivity index (χ0) is 13.5. The van der Waals surface area contributed by atoms with Crippen molar-refractivity contribution >= 4 is 23.1 Å². The van der Waals surface area contributed by atoms with E-state index >= 15 is 0 Å². The van der Waals surface area contributed by atoms with E-state index in [2.05, 4.69) is 35.0 Å². The summed E-state index contributed by atoms with van der Waals surface area (Å²) in [6, 6.07) is 12.8. The van der Waals surface area contributed by atoms with Crippen LogP contribution in [-0.2, 0) is 0 Å². The van der Waals surface area contributed by atoms with E-state index in [1.807, 2.05) is 37.9 Å². The maximum Gasteiger partial charge on any atom is 0.124 e. The van der Waals surface area contributed by atoms with Gasteiger partial charge in [0, 0.05) is 17.4 Å². The molecule has 0 bridgehead atoms. The van der Waals surface area contributed by atoms with E-state index in [0.717, 1.165) is 11.5 Å². The van der Waals surface area contributed by atoms with Crippen molar-refractivity contribution in [1.29, 1.82) is 0 Å². The van der Waals surface area contributed by atoms with Gasteiger partial charge < -0.3 is 10.1 Å². The van der Waals surface area contributed by atoms with E-state index in [1.165, 1.54) is 9.77 Å². The van der Waals surface area contributed by atoms with Crippen molar-refractivity contribution in [2.24, 2.45) is 0 Å². The molecular weight excluding hydrogens is 274 g/mol. The van der Waals surface area contributed by atoms with Gasteiger partial charge in [-0.2, -0.15) is 0 Å². The van der Waals surface area contributed by atoms with Gasteiger partial charge >= 0.3 is 0 Å². The van der Waals surface area contributed by atoms with Crippen LogP contribution in [0.4, 0.5) is 0 Å². The number of thiophene rings is 1. The number of nitrogens with one attached hydrogen (secondary N) is 1. The highest BCUT2D eigenvalue weighted by Gasteiger charge is 2.14. The molecule has 1 aromatic carbocycles. The summed E-state index contributed by atoms with van der Waals surface area (Å²) in [4.78, 5) is 0. The normalized spacial score (nSPS) is 12.3. The van der Waals surface area contributed by atoms with Gasteiger partial charge in [0.15, 0.2) is 0 Å². The van der Waals surface area contributed by atoms with Gasteiger partial charge in [-0.05, 0) is 31.5 Å². The lowest BCUT2D eigenvalue weighted by Crippen LogP contribution is -2.19. The van der Waals surface area contributed by atoms with Gasteiger partial charge in [-0.25, -0.2) is 0 Å². The van der Waals surface area contributed by atoms with Crippen molar-refractivity contribution in [2.75, 3.05) is 19.4 Å². The van der Waals surface area contributed by atoms with Gasteiger partial charge in [0.25, 0.3) is 0 Å². The number of benzene rings is 1. The van der Waals surface area contributed by atoms with Crippen molar-refractivity contribution in [3.63, 3.8) is 0 Å². The molecule has 1 unspecified atom stereocenters. The third-order valence-corrected chi connectivity index (χ3v) is 5.05. The maximum absolute atomic E-state index is 5.71. The Kier molecular flexibility index (Phi) is 5.76. The fraction of sp³-hybridized carbons (Fsp3) is 0.333. The van der Waals surface area contributed by atoms with Crippen molar-refractivity contribution in [2.45, 2.75) is 17.2 Å². The van der Waals surface area contributed by atoms with Crippen LogP contribution >= 0.6 is 23.1 Å². The fourth-order valence-electron chi connectivity index (χ4n) is 1.90. The van der Waals surface area contributed by atoms with Crippen LogP contribution in [0.5, 0.6) is 5.75 Å². The number of para-hydroxylation sites is 1. The Morgan fingerprint density at radius 3 is 2.79 bits per heavy atom. The molecule has 2 aromatic rings. The molecule has 1 N–H and O–H groups in total. The number of thioether (sulfide) groups is 1. The van der Waals surface area contributed by atoms with E-state index in [1.54, 1.807) is 11.3 Å². The Labute approximate surface area is 123 Å².